The zero-order valence-electron chi connectivity index (χ0n) is 17.0. The van der Waals surface area contributed by atoms with Crippen LogP contribution in [0.5, 0.6) is 0 Å². The number of thiocarbonyl (C=S) groups is 1. The number of piperidine rings is 1. The summed E-state index contributed by atoms with van der Waals surface area (Å²) < 4.78 is 5.08. The Labute approximate surface area is 188 Å². The summed E-state index contributed by atoms with van der Waals surface area (Å²) in [6, 6.07) is 12.4. The van der Waals surface area contributed by atoms with Crippen LogP contribution >= 0.6 is 12.2 Å². The van der Waals surface area contributed by atoms with Crippen molar-refractivity contribution in [2.75, 3.05) is 23.3 Å². The van der Waals surface area contributed by atoms with Crippen molar-refractivity contribution < 1.29 is 14.1 Å². The Morgan fingerprint density at radius 1 is 1.06 bits per heavy atom. The monoisotopic (exact) mass is 452 g/mol. The first kappa shape index (κ1) is 21.4. The summed E-state index contributed by atoms with van der Waals surface area (Å²) in [7, 11) is 0. The molecule has 0 radical (unpaired) electrons. The number of nitrogens with zero attached hydrogens (tertiary/aromatic N) is 2. The van der Waals surface area contributed by atoms with Gasteiger partial charge in [-0.15, -0.1) is 0 Å². The Bertz CT molecular complexity index is 1270. The fourth-order valence-corrected chi connectivity index (χ4v) is 3.91. The zero-order chi connectivity index (χ0) is 22.7. The molecule has 2 heterocycles. The van der Waals surface area contributed by atoms with E-state index in [0.717, 1.165) is 32.4 Å². The summed E-state index contributed by atoms with van der Waals surface area (Å²) in [5.41, 5.74) is 1.13. The minimum absolute atomic E-state index is 0.0366. The summed E-state index contributed by atoms with van der Waals surface area (Å²) in [5, 5.41) is 17.8. The van der Waals surface area contributed by atoms with Gasteiger partial charge in [-0.1, -0.05) is 0 Å². The van der Waals surface area contributed by atoms with Gasteiger partial charge < -0.3 is 14.6 Å². The molecule has 0 bridgehead atoms. The summed E-state index contributed by atoms with van der Waals surface area (Å²) >= 11 is 5.21. The third-order valence-corrected chi connectivity index (χ3v) is 5.44. The molecule has 1 saturated heterocycles. The van der Waals surface area contributed by atoms with Crippen LogP contribution in [0, 0.1) is 10.1 Å². The summed E-state index contributed by atoms with van der Waals surface area (Å²) in [5.74, 6) is -0.553. The molecule has 10 heteroatoms. The molecule has 1 aliphatic rings. The highest BCUT2D eigenvalue weighted by Gasteiger charge is 2.23. The standard InChI is InChI=1S/C22H20N4O5S/c27-20-9-5-14-12-16(6-8-19(14)31-20)23-22(32)24-21(28)15-4-7-17(18(13-15)26(29)30)25-10-2-1-3-11-25/h4-9,12-13H,1-3,10-11H2,(H2,23,24,28,32). The molecule has 4 rings (SSSR count). The molecule has 32 heavy (non-hydrogen) atoms. The van der Waals surface area contributed by atoms with Crippen LogP contribution in [0.15, 0.2) is 57.7 Å². The molecule has 1 amide bonds. The fourth-order valence-electron chi connectivity index (χ4n) is 3.70. The van der Waals surface area contributed by atoms with Crippen molar-refractivity contribution in [2.24, 2.45) is 0 Å². The molecular weight excluding hydrogens is 432 g/mol. The fraction of sp³-hybridized carbons (Fsp3) is 0.227. The summed E-state index contributed by atoms with van der Waals surface area (Å²) in [6.45, 7) is 1.52. The first-order valence-corrected chi connectivity index (χ1v) is 10.5. The smallest absolute Gasteiger partial charge is 0.336 e. The maximum Gasteiger partial charge on any atom is 0.336 e. The van der Waals surface area contributed by atoms with Crippen molar-refractivity contribution in [1.82, 2.24) is 5.32 Å². The first-order valence-electron chi connectivity index (χ1n) is 10.1. The van der Waals surface area contributed by atoms with E-state index in [4.69, 9.17) is 16.6 Å². The molecule has 164 valence electrons. The SMILES string of the molecule is O=C(NC(=S)Nc1ccc2oc(=O)ccc2c1)c1ccc(N2CCCCC2)c([N+](=O)[O-])c1. The van der Waals surface area contributed by atoms with E-state index in [1.807, 2.05) is 4.90 Å². The van der Waals surface area contributed by atoms with Crippen molar-refractivity contribution in [3.8, 4) is 0 Å². The Kier molecular flexibility index (Phi) is 6.13. The topological polar surface area (TPSA) is 118 Å². The van der Waals surface area contributed by atoms with Crippen molar-refractivity contribution in [3.05, 3.63) is 74.6 Å². The average Bonchev–Trinajstić information content (AvgIpc) is 2.79. The zero-order valence-corrected chi connectivity index (χ0v) is 17.8. The molecule has 1 fully saturated rings. The molecule has 2 N–H and O–H groups in total. The van der Waals surface area contributed by atoms with Crippen molar-refractivity contribution in [1.29, 1.82) is 0 Å². The normalized spacial score (nSPS) is 13.6. The molecule has 0 saturated carbocycles. The van der Waals surface area contributed by atoms with Crippen LogP contribution in [-0.4, -0.2) is 29.0 Å². The second-order valence-electron chi connectivity index (χ2n) is 7.42. The van der Waals surface area contributed by atoms with Gasteiger partial charge in [0.25, 0.3) is 11.6 Å². The third-order valence-electron chi connectivity index (χ3n) is 5.24. The second-order valence-corrected chi connectivity index (χ2v) is 7.83. The number of anilines is 2. The molecular formula is C22H20N4O5S. The molecule has 0 unspecified atom stereocenters. The van der Waals surface area contributed by atoms with Gasteiger partial charge in [-0.25, -0.2) is 4.79 Å². The number of carbonyl (C=O) groups is 1. The highest BCUT2D eigenvalue weighted by molar-refractivity contribution is 7.80. The van der Waals surface area contributed by atoms with Gasteiger partial charge in [0.05, 0.1) is 4.92 Å². The Morgan fingerprint density at radius 3 is 2.59 bits per heavy atom. The second kappa shape index (κ2) is 9.15. The van der Waals surface area contributed by atoms with Crippen LogP contribution in [0.1, 0.15) is 29.6 Å². The van der Waals surface area contributed by atoms with Crippen molar-refractivity contribution in [3.63, 3.8) is 0 Å². The number of benzene rings is 2. The summed E-state index contributed by atoms with van der Waals surface area (Å²) in [4.78, 5) is 37.0. The number of rotatable bonds is 4. The van der Waals surface area contributed by atoms with Gasteiger partial charge in [-0.05, 0) is 67.9 Å². The lowest BCUT2D eigenvalue weighted by Gasteiger charge is -2.28. The lowest BCUT2D eigenvalue weighted by molar-refractivity contribution is -0.384. The number of nitro benzene ring substituents is 1. The maximum absolute atomic E-state index is 12.6. The molecule has 0 atom stereocenters. The Balaban J connectivity index is 1.47. The average molecular weight is 452 g/mol. The number of hydrogen-bond acceptors (Lipinski definition) is 7. The number of carbonyl (C=O) groups excluding carboxylic acids is 1. The van der Waals surface area contributed by atoms with E-state index in [-0.39, 0.29) is 16.4 Å². The predicted octanol–water partition coefficient (Wildman–Crippen LogP) is 3.82. The quantitative estimate of drug-likeness (QED) is 0.266. The number of fused-ring (bicyclic) bond motifs is 1. The van der Waals surface area contributed by atoms with Gasteiger partial charge in [0.1, 0.15) is 11.3 Å². The van der Waals surface area contributed by atoms with Crippen molar-refractivity contribution in [2.45, 2.75) is 19.3 Å². The lowest BCUT2D eigenvalue weighted by Crippen LogP contribution is -2.34. The van der Waals surface area contributed by atoms with Crippen LogP contribution in [0.25, 0.3) is 11.0 Å². The largest absolute Gasteiger partial charge is 0.423 e. The minimum atomic E-state index is -0.553. The molecule has 1 aliphatic heterocycles. The predicted molar refractivity (Wildman–Crippen MR) is 125 cm³/mol. The minimum Gasteiger partial charge on any atom is -0.423 e. The number of nitro groups is 1. The molecule has 2 aromatic carbocycles. The molecule has 9 nitrogen and oxygen atoms in total. The van der Waals surface area contributed by atoms with Gasteiger partial charge in [0.15, 0.2) is 5.11 Å². The summed E-state index contributed by atoms with van der Waals surface area (Å²) in [6.07, 6.45) is 3.08. The van der Waals surface area contributed by atoms with Gasteiger partial charge in [0, 0.05) is 41.9 Å². The highest BCUT2D eigenvalue weighted by atomic mass is 32.1. The maximum atomic E-state index is 12.6. The molecule has 0 aliphatic carbocycles. The molecule has 3 aromatic rings. The Morgan fingerprint density at radius 2 is 1.84 bits per heavy atom. The first-order chi connectivity index (χ1) is 15.4. The van der Waals surface area contributed by atoms with Crippen molar-refractivity contribution >= 4 is 51.3 Å². The number of hydrogen-bond donors (Lipinski definition) is 2. The molecule has 0 spiro atoms. The lowest BCUT2D eigenvalue weighted by atomic mass is 10.1. The van der Waals surface area contributed by atoms with Crippen LogP contribution in [-0.2, 0) is 0 Å². The van der Waals surface area contributed by atoms with E-state index in [2.05, 4.69) is 10.6 Å². The third kappa shape index (κ3) is 4.75. The van der Waals surface area contributed by atoms with E-state index in [1.165, 1.54) is 12.1 Å². The van der Waals surface area contributed by atoms with Crippen LogP contribution in [0.3, 0.4) is 0 Å². The van der Waals surface area contributed by atoms with Crippen LogP contribution < -0.4 is 21.2 Å². The van der Waals surface area contributed by atoms with Gasteiger partial charge >= 0.3 is 5.63 Å². The van der Waals surface area contributed by atoms with Gasteiger partial charge in [-0.3, -0.25) is 20.2 Å². The van der Waals surface area contributed by atoms with Crippen LogP contribution in [0.4, 0.5) is 17.1 Å². The van der Waals surface area contributed by atoms with E-state index in [1.54, 1.807) is 36.4 Å². The van der Waals surface area contributed by atoms with E-state index < -0.39 is 16.5 Å². The van der Waals surface area contributed by atoms with E-state index in [0.29, 0.717) is 22.3 Å². The van der Waals surface area contributed by atoms with E-state index >= 15 is 0 Å². The molecule has 1 aromatic heterocycles. The number of amides is 1. The number of nitrogens with one attached hydrogen (secondary N) is 2. The van der Waals surface area contributed by atoms with Gasteiger partial charge in [-0.2, -0.15) is 0 Å². The van der Waals surface area contributed by atoms with E-state index in [9.17, 15) is 19.7 Å². The highest BCUT2D eigenvalue weighted by Crippen LogP contribution is 2.31. The van der Waals surface area contributed by atoms with Crippen LogP contribution in [0.2, 0.25) is 0 Å². The Hall–Kier alpha value is -3.79. The van der Waals surface area contributed by atoms with Gasteiger partial charge in [0.2, 0.25) is 0 Å².